The first-order chi connectivity index (χ1) is 9.83. The van der Waals surface area contributed by atoms with Crippen LogP contribution in [0.15, 0.2) is 22.7 Å². The van der Waals surface area contributed by atoms with E-state index in [9.17, 15) is 0 Å². The van der Waals surface area contributed by atoms with E-state index in [4.69, 9.17) is 5.73 Å². The molecule has 0 aliphatic carbocycles. The van der Waals surface area contributed by atoms with Gasteiger partial charge in [-0.2, -0.15) is 0 Å². The number of piperazine rings is 1. The van der Waals surface area contributed by atoms with E-state index in [1.807, 2.05) is 0 Å². The maximum absolute atomic E-state index is 6.18. The van der Waals surface area contributed by atoms with Gasteiger partial charge in [-0.15, -0.1) is 0 Å². The van der Waals surface area contributed by atoms with Crippen molar-refractivity contribution in [3.05, 3.63) is 28.2 Å². The van der Waals surface area contributed by atoms with E-state index in [-0.39, 0.29) is 11.6 Å². The minimum absolute atomic E-state index is 0.199. The lowest BCUT2D eigenvalue weighted by Crippen LogP contribution is -2.57. The molecule has 0 saturated carbocycles. The fraction of sp³-hybridized carbons (Fsp3) is 0.647. The lowest BCUT2D eigenvalue weighted by molar-refractivity contribution is 0.139. The molecule has 1 aromatic carbocycles. The fourth-order valence-electron chi connectivity index (χ4n) is 2.88. The topological polar surface area (TPSA) is 32.5 Å². The van der Waals surface area contributed by atoms with Gasteiger partial charge in [-0.25, -0.2) is 0 Å². The molecule has 1 heterocycles. The van der Waals surface area contributed by atoms with E-state index < -0.39 is 0 Å². The zero-order chi connectivity index (χ0) is 15.6. The van der Waals surface area contributed by atoms with Crippen LogP contribution in [-0.4, -0.2) is 43.2 Å². The van der Waals surface area contributed by atoms with Crippen LogP contribution in [0.4, 0.5) is 5.69 Å². The molecule has 1 aliphatic heterocycles. The van der Waals surface area contributed by atoms with Crippen LogP contribution in [0.5, 0.6) is 0 Å². The molecule has 1 fully saturated rings. The van der Waals surface area contributed by atoms with Gasteiger partial charge in [0.2, 0.25) is 0 Å². The third kappa shape index (κ3) is 3.99. The van der Waals surface area contributed by atoms with Gasteiger partial charge in [0.1, 0.15) is 0 Å². The van der Waals surface area contributed by atoms with Crippen LogP contribution in [0.3, 0.4) is 0 Å². The maximum Gasteiger partial charge on any atom is 0.0411 e. The molecule has 21 heavy (non-hydrogen) atoms. The quantitative estimate of drug-likeness (QED) is 0.901. The van der Waals surface area contributed by atoms with Crippen molar-refractivity contribution in [2.24, 2.45) is 5.73 Å². The Hall–Kier alpha value is -0.580. The Morgan fingerprint density at radius 3 is 2.67 bits per heavy atom. The van der Waals surface area contributed by atoms with Gasteiger partial charge < -0.3 is 10.6 Å². The third-order valence-electron chi connectivity index (χ3n) is 4.71. The minimum Gasteiger partial charge on any atom is -0.368 e. The molecular weight excluding hydrogens is 326 g/mol. The largest absolute Gasteiger partial charge is 0.368 e. The molecule has 0 aromatic heterocycles. The summed E-state index contributed by atoms with van der Waals surface area (Å²) in [6, 6.07) is 6.84. The van der Waals surface area contributed by atoms with E-state index in [0.717, 1.165) is 36.9 Å². The average molecular weight is 354 g/mol. The summed E-state index contributed by atoms with van der Waals surface area (Å²) < 4.78 is 1.14. The summed E-state index contributed by atoms with van der Waals surface area (Å²) in [4.78, 5) is 4.96. The van der Waals surface area contributed by atoms with Gasteiger partial charge in [0.05, 0.1) is 0 Å². The van der Waals surface area contributed by atoms with Crippen molar-refractivity contribution in [1.82, 2.24) is 4.90 Å². The zero-order valence-corrected chi connectivity index (χ0v) is 15.3. The number of likely N-dealkylation sites (N-methyl/N-ethyl adjacent to an activating group) is 1. The molecule has 0 radical (unpaired) electrons. The Labute approximate surface area is 137 Å². The Kier molecular flexibility index (Phi) is 5.33. The van der Waals surface area contributed by atoms with Gasteiger partial charge in [0.25, 0.3) is 0 Å². The molecule has 1 atom stereocenters. The Morgan fingerprint density at radius 1 is 1.33 bits per heavy atom. The van der Waals surface area contributed by atoms with E-state index in [2.05, 4.69) is 71.7 Å². The first-order valence-electron chi connectivity index (χ1n) is 7.83. The molecule has 1 unspecified atom stereocenters. The average Bonchev–Trinajstić information content (AvgIpc) is 2.43. The van der Waals surface area contributed by atoms with Crippen molar-refractivity contribution in [3.8, 4) is 0 Å². The Balaban J connectivity index is 2.27. The molecular formula is C17H28BrN3. The summed E-state index contributed by atoms with van der Waals surface area (Å²) in [5.74, 6) is 0. The smallest absolute Gasteiger partial charge is 0.0411 e. The molecule has 3 nitrogen and oxygen atoms in total. The van der Waals surface area contributed by atoms with E-state index >= 15 is 0 Å². The van der Waals surface area contributed by atoms with Gasteiger partial charge in [-0.05, 0) is 51.4 Å². The molecule has 2 rings (SSSR count). The van der Waals surface area contributed by atoms with Gasteiger partial charge in [0, 0.05) is 41.4 Å². The SMILES string of the molecule is CCC(N)Cc1ccc(Br)cc1N1CCN(C)C(C)(C)C1. The number of hydrogen-bond donors (Lipinski definition) is 1. The molecule has 2 N–H and O–H groups in total. The van der Waals surface area contributed by atoms with Crippen molar-refractivity contribution < 1.29 is 0 Å². The van der Waals surface area contributed by atoms with Crippen LogP contribution >= 0.6 is 15.9 Å². The normalized spacial score (nSPS) is 20.6. The fourth-order valence-corrected chi connectivity index (χ4v) is 3.23. The van der Waals surface area contributed by atoms with E-state index in [0.29, 0.717) is 0 Å². The summed E-state index contributed by atoms with van der Waals surface area (Å²) in [5, 5.41) is 0. The van der Waals surface area contributed by atoms with Crippen LogP contribution in [0.25, 0.3) is 0 Å². The van der Waals surface area contributed by atoms with Crippen molar-refractivity contribution in [2.45, 2.75) is 45.2 Å². The first kappa shape index (κ1) is 16.8. The lowest BCUT2D eigenvalue weighted by atomic mass is 9.97. The van der Waals surface area contributed by atoms with Crippen molar-refractivity contribution in [3.63, 3.8) is 0 Å². The number of nitrogens with two attached hydrogens (primary N) is 1. The summed E-state index contributed by atoms with van der Waals surface area (Å²) >= 11 is 3.62. The number of hydrogen-bond acceptors (Lipinski definition) is 3. The Bertz CT molecular complexity index is 487. The van der Waals surface area contributed by atoms with Gasteiger partial charge >= 0.3 is 0 Å². The predicted molar refractivity (Wildman–Crippen MR) is 95.0 cm³/mol. The molecule has 0 spiro atoms. The van der Waals surface area contributed by atoms with Crippen molar-refractivity contribution in [2.75, 3.05) is 31.6 Å². The van der Waals surface area contributed by atoms with Gasteiger partial charge in [0.15, 0.2) is 0 Å². The highest BCUT2D eigenvalue weighted by Gasteiger charge is 2.31. The summed E-state index contributed by atoms with van der Waals surface area (Å²) in [5.41, 5.74) is 9.09. The highest BCUT2D eigenvalue weighted by molar-refractivity contribution is 9.10. The summed E-state index contributed by atoms with van der Waals surface area (Å²) in [6.45, 7) is 10.0. The van der Waals surface area contributed by atoms with E-state index in [1.54, 1.807) is 0 Å². The standard InChI is InChI=1S/C17H28BrN3/c1-5-15(19)10-13-6-7-14(18)11-16(13)21-9-8-20(4)17(2,3)12-21/h6-7,11,15H,5,8-10,12,19H2,1-4H3. The van der Waals surface area contributed by atoms with E-state index in [1.165, 1.54) is 11.3 Å². The second-order valence-corrected chi connectivity index (χ2v) is 7.72. The highest BCUT2D eigenvalue weighted by atomic mass is 79.9. The molecule has 1 aromatic rings. The van der Waals surface area contributed by atoms with Crippen LogP contribution in [-0.2, 0) is 6.42 Å². The van der Waals surface area contributed by atoms with Gasteiger partial charge in [-0.3, -0.25) is 4.90 Å². The summed E-state index contributed by atoms with van der Waals surface area (Å²) in [7, 11) is 2.21. The molecule has 0 bridgehead atoms. The maximum atomic E-state index is 6.18. The Morgan fingerprint density at radius 2 is 2.05 bits per heavy atom. The third-order valence-corrected chi connectivity index (χ3v) is 5.20. The zero-order valence-electron chi connectivity index (χ0n) is 13.7. The van der Waals surface area contributed by atoms with Crippen LogP contribution in [0.2, 0.25) is 0 Å². The highest BCUT2D eigenvalue weighted by Crippen LogP contribution is 2.30. The molecule has 4 heteroatoms. The number of rotatable bonds is 4. The van der Waals surface area contributed by atoms with Crippen molar-refractivity contribution in [1.29, 1.82) is 0 Å². The molecule has 0 amide bonds. The minimum atomic E-state index is 0.199. The number of nitrogens with zero attached hydrogens (tertiary/aromatic N) is 2. The molecule has 1 saturated heterocycles. The number of anilines is 1. The second kappa shape index (κ2) is 6.67. The number of halogens is 1. The van der Waals surface area contributed by atoms with Crippen LogP contribution in [0, 0.1) is 0 Å². The summed E-state index contributed by atoms with van der Waals surface area (Å²) in [6.07, 6.45) is 1.97. The molecule has 118 valence electrons. The lowest BCUT2D eigenvalue weighted by Gasteiger charge is -2.46. The first-order valence-corrected chi connectivity index (χ1v) is 8.63. The second-order valence-electron chi connectivity index (χ2n) is 6.80. The molecule has 1 aliphatic rings. The van der Waals surface area contributed by atoms with Crippen molar-refractivity contribution >= 4 is 21.6 Å². The monoisotopic (exact) mass is 353 g/mol. The van der Waals surface area contributed by atoms with Gasteiger partial charge in [-0.1, -0.05) is 28.9 Å². The predicted octanol–water partition coefficient (Wildman–Crippen LogP) is 3.26. The van der Waals surface area contributed by atoms with Crippen LogP contribution < -0.4 is 10.6 Å². The van der Waals surface area contributed by atoms with Crippen LogP contribution in [0.1, 0.15) is 32.8 Å². The number of benzene rings is 1.